The van der Waals surface area contributed by atoms with Gasteiger partial charge in [0.2, 0.25) is 11.8 Å². The van der Waals surface area contributed by atoms with E-state index >= 15 is 0 Å². The fraction of sp³-hybridized carbons (Fsp3) is 0.400. The van der Waals surface area contributed by atoms with Crippen LogP contribution >= 0.6 is 0 Å². The number of nitrogens with zero attached hydrogens (tertiary/aromatic N) is 4. The lowest BCUT2D eigenvalue weighted by Gasteiger charge is -2.40. The maximum absolute atomic E-state index is 13.2. The third-order valence-corrected chi connectivity index (χ3v) is 6.45. The molecular formula is C25H28N4O2. The van der Waals surface area contributed by atoms with E-state index in [0.29, 0.717) is 39.1 Å². The fourth-order valence-corrected chi connectivity index (χ4v) is 4.77. The zero-order valence-electron chi connectivity index (χ0n) is 17.9. The molecule has 1 fully saturated rings. The van der Waals surface area contributed by atoms with Crippen LogP contribution in [0.25, 0.3) is 0 Å². The summed E-state index contributed by atoms with van der Waals surface area (Å²) in [6, 6.07) is 19.8. The van der Waals surface area contributed by atoms with Crippen molar-refractivity contribution in [2.75, 3.05) is 32.7 Å². The molecule has 4 rings (SSSR count). The molecule has 2 atom stereocenters. The molecule has 0 aliphatic carbocycles. The van der Waals surface area contributed by atoms with Crippen molar-refractivity contribution in [1.82, 2.24) is 14.7 Å². The summed E-state index contributed by atoms with van der Waals surface area (Å²) in [4.78, 5) is 31.2. The summed E-state index contributed by atoms with van der Waals surface area (Å²) in [6.07, 6.45) is 1.13. The molecule has 2 aromatic carbocycles. The van der Waals surface area contributed by atoms with Gasteiger partial charge in [-0.05, 0) is 23.1 Å². The zero-order valence-corrected chi connectivity index (χ0v) is 17.9. The van der Waals surface area contributed by atoms with Crippen LogP contribution in [0.2, 0.25) is 0 Å². The molecule has 0 saturated carbocycles. The Kier molecular flexibility index (Phi) is 6.34. The molecule has 0 aromatic heterocycles. The van der Waals surface area contributed by atoms with Gasteiger partial charge in [-0.3, -0.25) is 14.5 Å². The summed E-state index contributed by atoms with van der Waals surface area (Å²) in [5.74, 6) is 0.0812. The molecule has 1 saturated heterocycles. The number of carbonyl (C=O) groups is 2. The Bertz CT molecular complexity index is 977. The predicted octanol–water partition coefficient (Wildman–Crippen LogP) is 2.93. The minimum atomic E-state index is -0.295. The average molecular weight is 417 g/mol. The van der Waals surface area contributed by atoms with Gasteiger partial charge in [0.1, 0.15) is 6.04 Å². The number of carbonyl (C=O) groups excluding carboxylic acids is 2. The Labute approximate surface area is 183 Å². The Balaban J connectivity index is 1.42. The summed E-state index contributed by atoms with van der Waals surface area (Å²) in [6.45, 7) is 4.75. The molecule has 0 radical (unpaired) electrons. The number of rotatable bonds is 4. The minimum Gasteiger partial charge on any atom is -0.340 e. The van der Waals surface area contributed by atoms with Crippen LogP contribution in [0.1, 0.15) is 42.1 Å². The zero-order chi connectivity index (χ0) is 21.8. The number of fused-ring (bicyclic) bond motifs is 1. The second-order valence-corrected chi connectivity index (χ2v) is 8.24. The molecule has 2 aromatic rings. The van der Waals surface area contributed by atoms with Gasteiger partial charge in [0.25, 0.3) is 0 Å². The maximum atomic E-state index is 13.2. The average Bonchev–Trinajstić information content (AvgIpc) is 2.80. The van der Waals surface area contributed by atoms with Gasteiger partial charge >= 0.3 is 0 Å². The predicted molar refractivity (Wildman–Crippen MR) is 118 cm³/mol. The fourth-order valence-electron chi connectivity index (χ4n) is 4.77. The topological polar surface area (TPSA) is 67.7 Å². The van der Waals surface area contributed by atoms with Crippen LogP contribution in [0.5, 0.6) is 0 Å². The van der Waals surface area contributed by atoms with Crippen LogP contribution in [0, 0.1) is 11.3 Å². The van der Waals surface area contributed by atoms with E-state index in [0.717, 1.165) is 17.5 Å². The number of piperazine rings is 1. The summed E-state index contributed by atoms with van der Waals surface area (Å²) >= 11 is 0. The molecule has 2 aliphatic rings. The van der Waals surface area contributed by atoms with E-state index in [9.17, 15) is 14.9 Å². The highest BCUT2D eigenvalue weighted by Gasteiger charge is 2.33. The van der Waals surface area contributed by atoms with Crippen molar-refractivity contribution in [2.45, 2.75) is 31.8 Å². The summed E-state index contributed by atoms with van der Waals surface area (Å²) < 4.78 is 0. The van der Waals surface area contributed by atoms with Crippen molar-refractivity contribution in [2.24, 2.45) is 0 Å². The monoisotopic (exact) mass is 416 g/mol. The van der Waals surface area contributed by atoms with Crippen LogP contribution in [0.4, 0.5) is 0 Å². The molecule has 0 spiro atoms. The molecule has 6 heteroatoms. The molecule has 31 heavy (non-hydrogen) atoms. The van der Waals surface area contributed by atoms with Gasteiger partial charge in [0.05, 0.1) is 18.5 Å². The quantitative estimate of drug-likeness (QED) is 0.769. The highest BCUT2D eigenvalue weighted by Crippen LogP contribution is 2.33. The molecule has 2 amide bonds. The number of hydrogen-bond donors (Lipinski definition) is 0. The van der Waals surface area contributed by atoms with E-state index in [1.807, 2.05) is 58.3 Å². The molecule has 6 nitrogen and oxygen atoms in total. The van der Waals surface area contributed by atoms with Crippen LogP contribution in [0.15, 0.2) is 54.6 Å². The van der Waals surface area contributed by atoms with Gasteiger partial charge in [-0.15, -0.1) is 0 Å². The lowest BCUT2D eigenvalue weighted by Crippen LogP contribution is -2.50. The molecule has 160 valence electrons. The first kappa shape index (κ1) is 21.1. The van der Waals surface area contributed by atoms with Crippen LogP contribution < -0.4 is 0 Å². The van der Waals surface area contributed by atoms with Crippen molar-refractivity contribution in [3.63, 3.8) is 0 Å². The third kappa shape index (κ3) is 4.47. The van der Waals surface area contributed by atoms with E-state index in [2.05, 4.69) is 17.0 Å². The summed E-state index contributed by atoms with van der Waals surface area (Å²) in [5.41, 5.74) is 3.30. The second kappa shape index (κ2) is 9.32. The SMILES string of the molecule is CC(=O)N1CCc2ccccc2C1CC(=O)N1CCN(C(C#N)c2ccccc2)CC1. The largest absolute Gasteiger partial charge is 0.340 e. The number of benzene rings is 2. The lowest BCUT2D eigenvalue weighted by atomic mass is 9.90. The Morgan fingerprint density at radius 2 is 1.68 bits per heavy atom. The van der Waals surface area contributed by atoms with Gasteiger partial charge in [-0.2, -0.15) is 5.26 Å². The first-order chi connectivity index (χ1) is 15.1. The third-order valence-electron chi connectivity index (χ3n) is 6.45. The van der Waals surface area contributed by atoms with E-state index < -0.39 is 0 Å². The Hall–Kier alpha value is -3.17. The Morgan fingerprint density at radius 1 is 1.00 bits per heavy atom. The lowest BCUT2D eigenvalue weighted by molar-refractivity contribution is -0.137. The van der Waals surface area contributed by atoms with Gasteiger partial charge in [-0.25, -0.2) is 0 Å². The maximum Gasteiger partial charge on any atom is 0.225 e. The van der Waals surface area contributed by atoms with Gasteiger partial charge in [-0.1, -0.05) is 54.6 Å². The van der Waals surface area contributed by atoms with Crippen molar-refractivity contribution < 1.29 is 9.59 Å². The first-order valence-electron chi connectivity index (χ1n) is 10.9. The standard InChI is InChI=1S/C25H28N4O2/c1-19(30)29-12-11-20-7-5-6-10-22(20)23(29)17-25(31)28-15-13-27(14-16-28)24(18-26)21-8-3-2-4-9-21/h2-10,23-24H,11-17H2,1H3. The number of nitriles is 1. The molecule has 0 N–H and O–H groups in total. The molecule has 2 unspecified atom stereocenters. The van der Waals surface area contributed by atoms with E-state index in [1.165, 1.54) is 5.56 Å². The van der Waals surface area contributed by atoms with Gasteiger partial charge in [0, 0.05) is 39.6 Å². The van der Waals surface area contributed by atoms with Gasteiger partial charge < -0.3 is 9.80 Å². The second-order valence-electron chi connectivity index (χ2n) is 8.24. The number of hydrogen-bond acceptors (Lipinski definition) is 4. The normalized spacial score (nSPS) is 19.9. The van der Waals surface area contributed by atoms with Gasteiger partial charge in [0.15, 0.2) is 0 Å². The van der Waals surface area contributed by atoms with Crippen LogP contribution in [0.3, 0.4) is 0 Å². The van der Waals surface area contributed by atoms with Crippen molar-refractivity contribution >= 4 is 11.8 Å². The van der Waals surface area contributed by atoms with Crippen molar-refractivity contribution in [3.8, 4) is 6.07 Å². The molecule has 0 bridgehead atoms. The summed E-state index contributed by atoms with van der Waals surface area (Å²) in [5, 5.41) is 9.69. The summed E-state index contributed by atoms with van der Waals surface area (Å²) in [7, 11) is 0. The van der Waals surface area contributed by atoms with Crippen LogP contribution in [-0.2, 0) is 16.0 Å². The molecular weight excluding hydrogens is 388 g/mol. The highest BCUT2D eigenvalue weighted by atomic mass is 16.2. The van der Waals surface area contributed by atoms with E-state index in [1.54, 1.807) is 6.92 Å². The first-order valence-corrected chi connectivity index (χ1v) is 10.9. The van der Waals surface area contributed by atoms with Crippen molar-refractivity contribution in [1.29, 1.82) is 5.26 Å². The van der Waals surface area contributed by atoms with Crippen molar-refractivity contribution in [3.05, 3.63) is 71.3 Å². The van der Waals surface area contributed by atoms with E-state index in [4.69, 9.17) is 0 Å². The minimum absolute atomic E-state index is 0.0110. The number of amides is 2. The highest BCUT2D eigenvalue weighted by molar-refractivity contribution is 5.80. The van der Waals surface area contributed by atoms with E-state index in [-0.39, 0.29) is 23.9 Å². The molecule has 2 aliphatic heterocycles. The van der Waals surface area contributed by atoms with Crippen LogP contribution in [-0.4, -0.2) is 59.2 Å². The molecule has 2 heterocycles. The smallest absolute Gasteiger partial charge is 0.225 e. The Morgan fingerprint density at radius 3 is 2.35 bits per heavy atom.